The largest absolute Gasteiger partial charge is 0.469 e. The van der Waals surface area contributed by atoms with Crippen molar-refractivity contribution in [2.75, 3.05) is 19.7 Å². The lowest BCUT2D eigenvalue weighted by Crippen LogP contribution is -2.61. The maximum atomic E-state index is 14.4. The van der Waals surface area contributed by atoms with Crippen LogP contribution in [0.15, 0.2) is 42.9 Å². The molecule has 3 heterocycles. The molecule has 2 aromatic rings. The van der Waals surface area contributed by atoms with Crippen molar-refractivity contribution < 1.29 is 57.3 Å². The Hall–Kier alpha value is -4.68. The number of aliphatic hydroxyl groups excluding tert-OH is 1. The number of hydrogen-bond acceptors (Lipinski definition) is 9. The molecule has 1 aromatic heterocycles. The average molecular weight is 932 g/mol. The second-order valence-electron chi connectivity index (χ2n) is 17.7. The summed E-state index contributed by atoms with van der Waals surface area (Å²) in [5.41, 5.74) is 2.06. The van der Waals surface area contributed by atoms with E-state index < -0.39 is 80.3 Å². The van der Waals surface area contributed by atoms with Gasteiger partial charge in [0.05, 0.1) is 25.8 Å². The number of nitrogens with zero attached hydrogens (tertiary/aromatic N) is 3. The van der Waals surface area contributed by atoms with Gasteiger partial charge in [0.15, 0.2) is 0 Å². The number of unbranched alkanes of at least 4 members (excludes halogenated alkanes) is 5. The van der Waals surface area contributed by atoms with E-state index >= 15 is 0 Å². The zero-order chi connectivity index (χ0) is 47.5. The first-order valence-electron chi connectivity index (χ1n) is 23.2. The summed E-state index contributed by atoms with van der Waals surface area (Å²) < 4.78 is 20.5. The Bertz CT molecular complexity index is 1930. The van der Waals surface area contributed by atoms with Crippen LogP contribution >= 0.6 is 7.82 Å². The Balaban J connectivity index is 1.59. The van der Waals surface area contributed by atoms with Crippen LogP contribution in [0.4, 0.5) is 0 Å². The first kappa shape index (κ1) is 52.9. The van der Waals surface area contributed by atoms with Gasteiger partial charge in [-0.2, -0.15) is 0 Å². The van der Waals surface area contributed by atoms with Crippen LogP contribution in [0.3, 0.4) is 0 Å². The third kappa shape index (κ3) is 17.9. The minimum atomic E-state index is -5.11. The van der Waals surface area contributed by atoms with Crippen molar-refractivity contribution in [1.82, 2.24) is 36.1 Å². The standard InChI is InChI=1S/C45H71N8O11P/c1-31(2)26-36(48-44(59)39-21-17-25-53(39)33(4)55)41(56)47-37-27-35-28-51(30-52(35)24-16-8-6-5-7-11-18-34-19-12-9-13-20-34)23-15-10-14-22-46-45(60)40(32(3)64-65(61,62)63)50-43(58)38(29-54)49-42(37)57/h9,12-13,19-20,28,30-32,36-40,54H,5-8,10-11,14-18,21-27,29H2,1-4H3,(H6-,46,47,48,49,50,56,57,58,59,60,61,62,63)/p+1/t32-,36+,37+,38+,39+,40+/m1/s1. The Morgan fingerprint density at radius 3 is 2.31 bits per heavy atom. The van der Waals surface area contributed by atoms with E-state index in [4.69, 9.17) is 4.52 Å². The Labute approximate surface area is 382 Å². The van der Waals surface area contributed by atoms with Gasteiger partial charge in [0, 0.05) is 26.4 Å². The van der Waals surface area contributed by atoms with Crippen molar-refractivity contribution in [2.45, 2.75) is 167 Å². The van der Waals surface area contributed by atoms with Gasteiger partial charge in [0.2, 0.25) is 41.8 Å². The summed E-state index contributed by atoms with van der Waals surface area (Å²) in [6.45, 7) is 7.28. The lowest BCUT2D eigenvalue weighted by Gasteiger charge is -2.28. The van der Waals surface area contributed by atoms with Crippen molar-refractivity contribution in [1.29, 1.82) is 0 Å². The van der Waals surface area contributed by atoms with Crippen molar-refractivity contribution in [3.05, 3.63) is 54.1 Å². The number of carbonyl (C=O) groups is 6. The molecule has 0 spiro atoms. The molecule has 0 unspecified atom stereocenters. The van der Waals surface area contributed by atoms with Crippen LogP contribution < -0.4 is 31.2 Å². The van der Waals surface area contributed by atoms with Crippen LogP contribution in [0, 0.1) is 5.92 Å². The molecule has 20 heteroatoms. The highest BCUT2D eigenvalue weighted by molar-refractivity contribution is 7.46. The minimum absolute atomic E-state index is 0.0366. The normalized spacial score (nSPS) is 21.4. The van der Waals surface area contributed by atoms with Gasteiger partial charge in [0.1, 0.15) is 42.1 Å². The summed E-state index contributed by atoms with van der Waals surface area (Å²) in [5, 5.41) is 23.6. The summed E-state index contributed by atoms with van der Waals surface area (Å²) in [7, 11) is -5.11. The fraction of sp³-hybridized carbons (Fsp3) is 0.667. The van der Waals surface area contributed by atoms with Gasteiger partial charge in [-0.15, -0.1) is 0 Å². The number of hydrogen-bond donors (Lipinski definition) is 8. The van der Waals surface area contributed by atoms with E-state index in [-0.39, 0.29) is 31.2 Å². The zero-order valence-electron chi connectivity index (χ0n) is 38.4. The number of carbonyl (C=O) groups excluding carboxylic acids is 6. The van der Waals surface area contributed by atoms with E-state index in [1.807, 2.05) is 37.0 Å². The maximum Gasteiger partial charge on any atom is 0.469 e. The van der Waals surface area contributed by atoms with Gasteiger partial charge in [0.25, 0.3) is 0 Å². The SMILES string of the molecule is CC(=O)N1CCC[C@H]1C(=O)N[C@@H](CC(C)C)C(=O)N[C@H]1Cc2c[n+](cn2CCCCCCCCc2ccccc2)CCCCCNC(=O)[C@H]([C@@H](C)OP(=O)(O)O)NC(=O)[C@H](CO)NC1=O. The van der Waals surface area contributed by atoms with Gasteiger partial charge < -0.3 is 46.4 Å². The van der Waals surface area contributed by atoms with E-state index in [1.165, 1.54) is 24.3 Å². The highest BCUT2D eigenvalue weighted by atomic mass is 31.2. The molecule has 4 rings (SSSR count). The van der Waals surface area contributed by atoms with Crippen molar-refractivity contribution in [3.63, 3.8) is 0 Å². The Kier molecular flexibility index (Phi) is 21.6. The van der Waals surface area contributed by atoms with Gasteiger partial charge in [-0.05, 0) is 82.6 Å². The van der Waals surface area contributed by atoms with E-state index in [9.17, 15) is 48.2 Å². The second kappa shape index (κ2) is 26.5. The molecule has 0 radical (unpaired) electrons. The third-order valence-electron chi connectivity index (χ3n) is 11.8. The van der Waals surface area contributed by atoms with Crippen molar-refractivity contribution in [2.24, 2.45) is 5.92 Å². The number of benzene rings is 1. The summed E-state index contributed by atoms with van der Waals surface area (Å²) in [5.74, 6) is -4.15. The quantitative estimate of drug-likeness (QED) is 0.0571. The van der Waals surface area contributed by atoms with E-state index in [2.05, 4.69) is 55.4 Å². The molecule has 8 N–H and O–H groups in total. The van der Waals surface area contributed by atoms with Crippen molar-refractivity contribution in [3.8, 4) is 0 Å². The molecule has 65 heavy (non-hydrogen) atoms. The minimum Gasteiger partial charge on any atom is -0.394 e. The zero-order valence-corrected chi connectivity index (χ0v) is 39.3. The molecule has 1 saturated heterocycles. The first-order valence-corrected chi connectivity index (χ1v) is 24.7. The summed E-state index contributed by atoms with van der Waals surface area (Å²) in [4.78, 5) is 102. The molecule has 2 aliphatic rings. The number of phosphoric ester groups is 1. The van der Waals surface area contributed by atoms with Crippen molar-refractivity contribution >= 4 is 43.3 Å². The average Bonchev–Trinajstić information content (AvgIpc) is 3.90. The smallest absolute Gasteiger partial charge is 0.394 e. The molecule has 19 nitrogen and oxygen atoms in total. The van der Waals surface area contributed by atoms with Crippen LogP contribution in [-0.2, 0) is 63.8 Å². The first-order chi connectivity index (χ1) is 30.9. The fourth-order valence-corrected chi connectivity index (χ4v) is 8.95. The van der Waals surface area contributed by atoms with E-state index in [1.54, 1.807) is 0 Å². The lowest BCUT2D eigenvalue weighted by molar-refractivity contribution is -0.697. The Morgan fingerprint density at radius 2 is 1.63 bits per heavy atom. The number of likely N-dealkylation sites (tertiary alicyclic amines) is 1. The maximum absolute atomic E-state index is 14.4. The molecule has 2 bridgehead atoms. The predicted molar refractivity (Wildman–Crippen MR) is 240 cm³/mol. The molecule has 6 amide bonds. The molecule has 0 saturated carbocycles. The van der Waals surface area contributed by atoms with Crippen LogP contribution in [0.1, 0.15) is 116 Å². The number of nitrogens with one attached hydrogen (secondary N) is 5. The third-order valence-corrected chi connectivity index (χ3v) is 12.4. The number of aliphatic hydroxyl groups is 1. The molecule has 362 valence electrons. The monoisotopic (exact) mass is 932 g/mol. The number of aromatic nitrogens is 2. The molecule has 6 atom stereocenters. The van der Waals surface area contributed by atoms with Crippen LogP contribution in [0.25, 0.3) is 0 Å². The molecule has 0 aliphatic carbocycles. The van der Waals surface area contributed by atoms with Crippen LogP contribution in [-0.4, -0.2) is 116 Å². The van der Waals surface area contributed by atoms with E-state index in [0.29, 0.717) is 45.3 Å². The molecular formula is C45H72N8O11P+. The van der Waals surface area contributed by atoms with Crippen LogP contribution in [0.2, 0.25) is 0 Å². The number of rotatable bonds is 19. The highest BCUT2D eigenvalue weighted by Gasteiger charge is 2.38. The topological polar surface area (TPSA) is 262 Å². The number of fused-ring (bicyclic) bond motifs is 2. The fourth-order valence-electron chi connectivity index (χ4n) is 8.40. The predicted octanol–water partition coefficient (Wildman–Crippen LogP) is 1.69. The van der Waals surface area contributed by atoms with E-state index in [0.717, 1.165) is 57.1 Å². The molecule has 1 fully saturated rings. The van der Waals surface area contributed by atoms with Gasteiger partial charge in [-0.1, -0.05) is 63.4 Å². The van der Waals surface area contributed by atoms with Gasteiger partial charge in [-0.25, -0.2) is 13.7 Å². The number of amides is 6. The Morgan fingerprint density at radius 1 is 0.923 bits per heavy atom. The number of aryl methyl sites for hydroxylation is 3. The number of phosphoric acid groups is 1. The molecule has 2 aliphatic heterocycles. The summed E-state index contributed by atoms with van der Waals surface area (Å²) in [6.07, 6.45) is 12.9. The highest BCUT2D eigenvalue weighted by Crippen LogP contribution is 2.38. The second-order valence-corrected chi connectivity index (χ2v) is 18.9. The van der Waals surface area contributed by atoms with Gasteiger partial charge in [-0.3, -0.25) is 33.3 Å². The van der Waals surface area contributed by atoms with Gasteiger partial charge >= 0.3 is 7.82 Å². The molecule has 1 aromatic carbocycles. The summed E-state index contributed by atoms with van der Waals surface area (Å²) in [6, 6.07) is 3.97. The van der Waals surface area contributed by atoms with Crippen LogP contribution in [0.5, 0.6) is 0 Å². The summed E-state index contributed by atoms with van der Waals surface area (Å²) >= 11 is 0. The molecular weight excluding hydrogens is 860 g/mol. The lowest BCUT2D eigenvalue weighted by atomic mass is 10.0. The number of imidazole rings is 1.